The molecule has 1 heterocycles. The zero-order valence-corrected chi connectivity index (χ0v) is 13.9. The Morgan fingerprint density at radius 1 is 1.35 bits per heavy atom. The molecule has 2 rings (SSSR count). The molecule has 0 aliphatic rings. The fourth-order valence-electron chi connectivity index (χ4n) is 1.71. The zero-order valence-electron chi connectivity index (χ0n) is 13.1. The van der Waals surface area contributed by atoms with E-state index in [0.717, 1.165) is 0 Å². The fourth-order valence-corrected chi connectivity index (χ4v) is 1.71. The van der Waals surface area contributed by atoms with Crippen LogP contribution in [-0.4, -0.2) is 35.7 Å². The second-order valence-electron chi connectivity index (χ2n) is 4.88. The van der Waals surface area contributed by atoms with Crippen LogP contribution >= 0.6 is 12.4 Å². The zero-order chi connectivity index (χ0) is 15.8. The molecule has 7 nitrogen and oxygen atoms in total. The molecule has 0 radical (unpaired) electrons. The van der Waals surface area contributed by atoms with Crippen molar-refractivity contribution >= 4 is 18.3 Å². The smallest absolute Gasteiger partial charge is 0.258 e. The largest absolute Gasteiger partial charge is 0.484 e. The maximum absolute atomic E-state index is 11.7. The third-order valence-corrected chi connectivity index (χ3v) is 3.04. The van der Waals surface area contributed by atoms with Gasteiger partial charge in [0.1, 0.15) is 5.75 Å². The number of nitrogens with one attached hydrogen (secondary N) is 2. The van der Waals surface area contributed by atoms with Gasteiger partial charge in [-0.15, -0.1) is 12.4 Å². The van der Waals surface area contributed by atoms with Crippen molar-refractivity contribution in [3.8, 4) is 5.75 Å². The minimum atomic E-state index is -0.243. The van der Waals surface area contributed by atoms with Gasteiger partial charge in [-0.1, -0.05) is 23.4 Å². The molecule has 1 unspecified atom stereocenters. The Hall–Kier alpha value is -2.12. The molecule has 0 aliphatic heterocycles. The number of hydrogen-bond acceptors (Lipinski definition) is 6. The first kappa shape index (κ1) is 18.9. The van der Waals surface area contributed by atoms with Crippen LogP contribution in [0.25, 0.3) is 0 Å². The standard InChI is InChI=1S/C15H20N4O3.ClH/c1-11(16-2)8-13-18-15(22-19-13)9-17-14(20)10-21-12-6-4-3-5-7-12;/h3-7,11,16H,8-10H2,1-2H3,(H,17,20);1H. The summed E-state index contributed by atoms with van der Waals surface area (Å²) in [4.78, 5) is 15.9. The first-order chi connectivity index (χ1) is 10.7. The predicted octanol–water partition coefficient (Wildman–Crippen LogP) is 1.34. The monoisotopic (exact) mass is 340 g/mol. The van der Waals surface area contributed by atoms with Gasteiger partial charge in [-0.25, -0.2) is 0 Å². The second kappa shape index (κ2) is 9.81. The molecule has 0 aliphatic carbocycles. The lowest BCUT2D eigenvalue weighted by Crippen LogP contribution is -2.28. The normalized spacial score (nSPS) is 11.4. The molecular weight excluding hydrogens is 320 g/mol. The molecule has 0 saturated heterocycles. The molecule has 1 amide bonds. The van der Waals surface area contributed by atoms with Crippen LogP contribution in [0.2, 0.25) is 0 Å². The van der Waals surface area contributed by atoms with Gasteiger partial charge in [-0.3, -0.25) is 4.79 Å². The van der Waals surface area contributed by atoms with Crippen LogP contribution < -0.4 is 15.4 Å². The molecule has 0 bridgehead atoms. The Morgan fingerprint density at radius 2 is 2.09 bits per heavy atom. The van der Waals surface area contributed by atoms with E-state index in [2.05, 4.69) is 20.8 Å². The highest BCUT2D eigenvalue weighted by Crippen LogP contribution is 2.07. The maximum Gasteiger partial charge on any atom is 0.258 e. The van der Waals surface area contributed by atoms with Crippen LogP contribution in [0.4, 0.5) is 0 Å². The van der Waals surface area contributed by atoms with E-state index in [-0.39, 0.29) is 37.5 Å². The van der Waals surface area contributed by atoms with Gasteiger partial charge in [0.15, 0.2) is 12.4 Å². The van der Waals surface area contributed by atoms with E-state index < -0.39 is 0 Å². The van der Waals surface area contributed by atoms with Crippen molar-refractivity contribution in [1.82, 2.24) is 20.8 Å². The lowest BCUT2D eigenvalue weighted by molar-refractivity contribution is -0.123. The van der Waals surface area contributed by atoms with Crippen molar-refractivity contribution in [2.75, 3.05) is 13.7 Å². The maximum atomic E-state index is 11.7. The van der Waals surface area contributed by atoms with E-state index in [1.165, 1.54) is 0 Å². The summed E-state index contributed by atoms with van der Waals surface area (Å²) in [5, 5.41) is 9.64. The molecule has 2 N–H and O–H groups in total. The second-order valence-corrected chi connectivity index (χ2v) is 4.88. The highest BCUT2D eigenvalue weighted by molar-refractivity contribution is 5.85. The van der Waals surface area contributed by atoms with Gasteiger partial charge in [-0.05, 0) is 26.1 Å². The molecule has 0 saturated carbocycles. The molecule has 0 fully saturated rings. The molecule has 1 atom stereocenters. The van der Waals surface area contributed by atoms with Crippen LogP contribution in [0.5, 0.6) is 5.75 Å². The third kappa shape index (κ3) is 6.66. The summed E-state index contributed by atoms with van der Waals surface area (Å²) in [6.07, 6.45) is 0.672. The van der Waals surface area contributed by atoms with Gasteiger partial charge >= 0.3 is 0 Å². The molecule has 1 aromatic heterocycles. The number of nitrogens with zero attached hydrogens (tertiary/aromatic N) is 2. The summed E-state index contributed by atoms with van der Waals surface area (Å²) in [7, 11) is 1.87. The average molecular weight is 341 g/mol. The SMILES string of the molecule is CNC(C)Cc1noc(CNC(=O)COc2ccccc2)n1.Cl. The number of benzene rings is 1. The highest BCUT2D eigenvalue weighted by Gasteiger charge is 2.10. The van der Waals surface area contributed by atoms with Crippen molar-refractivity contribution < 1.29 is 14.1 Å². The number of carbonyl (C=O) groups is 1. The summed E-state index contributed by atoms with van der Waals surface area (Å²) < 4.78 is 10.4. The molecule has 0 spiro atoms. The Kier molecular flexibility index (Phi) is 8.07. The number of hydrogen-bond donors (Lipinski definition) is 2. The van der Waals surface area contributed by atoms with Crippen LogP contribution in [0.15, 0.2) is 34.9 Å². The van der Waals surface area contributed by atoms with Gasteiger partial charge in [0.05, 0.1) is 6.54 Å². The Balaban J connectivity index is 0.00000264. The first-order valence-corrected chi connectivity index (χ1v) is 7.10. The molecule has 1 aromatic carbocycles. The quantitative estimate of drug-likeness (QED) is 0.753. The molecule has 2 aromatic rings. The van der Waals surface area contributed by atoms with E-state index in [1.807, 2.05) is 32.2 Å². The molecule has 23 heavy (non-hydrogen) atoms. The minimum absolute atomic E-state index is 0. The van der Waals surface area contributed by atoms with Crippen molar-refractivity contribution in [3.63, 3.8) is 0 Å². The van der Waals surface area contributed by atoms with E-state index in [0.29, 0.717) is 23.9 Å². The van der Waals surface area contributed by atoms with Gasteiger partial charge < -0.3 is 19.9 Å². The van der Waals surface area contributed by atoms with Gasteiger partial charge in [0, 0.05) is 12.5 Å². The summed E-state index contributed by atoms with van der Waals surface area (Å²) in [6.45, 7) is 2.17. The van der Waals surface area contributed by atoms with Crippen LogP contribution in [0.1, 0.15) is 18.6 Å². The lowest BCUT2D eigenvalue weighted by Gasteiger charge is -2.05. The number of aromatic nitrogens is 2. The van der Waals surface area contributed by atoms with Gasteiger partial charge in [-0.2, -0.15) is 4.98 Å². The number of halogens is 1. The minimum Gasteiger partial charge on any atom is -0.484 e. The summed E-state index contributed by atoms with van der Waals surface area (Å²) >= 11 is 0. The number of carbonyl (C=O) groups excluding carboxylic acids is 1. The Labute approximate surface area is 141 Å². The number of para-hydroxylation sites is 1. The van der Waals surface area contributed by atoms with Crippen molar-refractivity contribution in [1.29, 1.82) is 0 Å². The average Bonchev–Trinajstić information content (AvgIpc) is 2.99. The summed E-state index contributed by atoms with van der Waals surface area (Å²) in [5.41, 5.74) is 0. The summed E-state index contributed by atoms with van der Waals surface area (Å²) in [6, 6.07) is 9.42. The molecule has 8 heteroatoms. The predicted molar refractivity (Wildman–Crippen MR) is 87.6 cm³/mol. The molecular formula is C15H21ClN4O3. The summed E-state index contributed by atoms with van der Waals surface area (Å²) in [5.74, 6) is 1.41. The number of rotatable bonds is 8. The van der Waals surface area contributed by atoms with Gasteiger partial charge in [0.25, 0.3) is 5.91 Å². The van der Waals surface area contributed by atoms with E-state index >= 15 is 0 Å². The fraction of sp³-hybridized carbons (Fsp3) is 0.400. The van der Waals surface area contributed by atoms with Crippen LogP contribution in [0.3, 0.4) is 0 Å². The van der Waals surface area contributed by atoms with Crippen molar-refractivity contribution in [2.24, 2.45) is 0 Å². The number of amides is 1. The Morgan fingerprint density at radius 3 is 2.78 bits per heavy atom. The lowest BCUT2D eigenvalue weighted by atomic mass is 10.2. The first-order valence-electron chi connectivity index (χ1n) is 7.10. The molecule has 126 valence electrons. The van der Waals surface area contributed by atoms with Crippen molar-refractivity contribution in [2.45, 2.75) is 25.9 Å². The third-order valence-electron chi connectivity index (χ3n) is 3.04. The van der Waals surface area contributed by atoms with Crippen LogP contribution in [0, 0.1) is 0 Å². The topological polar surface area (TPSA) is 89.3 Å². The number of ether oxygens (including phenoxy) is 1. The highest BCUT2D eigenvalue weighted by atomic mass is 35.5. The van der Waals surface area contributed by atoms with Crippen molar-refractivity contribution in [3.05, 3.63) is 42.0 Å². The van der Waals surface area contributed by atoms with E-state index in [9.17, 15) is 4.79 Å². The van der Waals surface area contributed by atoms with Crippen LogP contribution in [-0.2, 0) is 17.8 Å². The Bertz CT molecular complexity index is 591. The number of likely N-dealkylation sites (N-methyl/N-ethyl adjacent to an activating group) is 1. The van der Waals surface area contributed by atoms with Gasteiger partial charge in [0.2, 0.25) is 5.89 Å². The van der Waals surface area contributed by atoms with E-state index in [4.69, 9.17) is 9.26 Å². The van der Waals surface area contributed by atoms with E-state index in [1.54, 1.807) is 12.1 Å².